The average Bonchev–Trinajstić information content (AvgIpc) is 2.88. The van der Waals surface area contributed by atoms with Crippen LogP contribution in [-0.4, -0.2) is 104 Å². The lowest BCUT2D eigenvalue weighted by atomic mass is 9.94. The quantitative estimate of drug-likeness (QED) is 0.534. The van der Waals surface area contributed by atoms with Crippen molar-refractivity contribution in [1.29, 1.82) is 0 Å². The van der Waals surface area contributed by atoms with Crippen LogP contribution in [0, 0.1) is 5.92 Å². The molecule has 1 atom stereocenters. The summed E-state index contributed by atoms with van der Waals surface area (Å²) in [4.78, 5) is 18.0. The topological polar surface area (TPSA) is 76.2 Å². The lowest BCUT2D eigenvalue weighted by Gasteiger charge is -2.40. The monoisotopic (exact) mass is 483 g/mol. The maximum atomic E-state index is 13.0. The van der Waals surface area contributed by atoms with Gasteiger partial charge < -0.3 is 10.2 Å². The first-order valence-corrected chi connectivity index (χ1v) is 14.9. The number of carbonyl (C=O) groups is 1. The van der Waals surface area contributed by atoms with Gasteiger partial charge >= 0.3 is 0 Å². The van der Waals surface area contributed by atoms with Crippen molar-refractivity contribution in [3.8, 4) is 0 Å². The fourth-order valence-electron chi connectivity index (χ4n) is 6.08. The average molecular weight is 484 g/mol. The summed E-state index contributed by atoms with van der Waals surface area (Å²) in [5, 5.41) is 3.09. The van der Waals surface area contributed by atoms with Gasteiger partial charge in [-0.3, -0.25) is 9.69 Å². The summed E-state index contributed by atoms with van der Waals surface area (Å²) < 4.78 is 29.1. The first kappa shape index (κ1) is 25.4. The second-order valence-corrected chi connectivity index (χ2v) is 12.4. The van der Waals surface area contributed by atoms with Crippen LogP contribution >= 0.6 is 0 Å². The molecule has 0 radical (unpaired) electrons. The third-order valence-corrected chi connectivity index (χ3v) is 10.2. The van der Waals surface area contributed by atoms with Crippen molar-refractivity contribution >= 4 is 16.1 Å². The zero-order valence-corrected chi connectivity index (χ0v) is 21.2. The van der Waals surface area contributed by atoms with Crippen molar-refractivity contribution < 1.29 is 13.2 Å². The van der Waals surface area contributed by atoms with E-state index in [0.29, 0.717) is 32.7 Å². The van der Waals surface area contributed by atoms with Crippen LogP contribution in [0.25, 0.3) is 0 Å². The molecule has 1 saturated carbocycles. The molecular formula is C24H45N5O3S. The summed E-state index contributed by atoms with van der Waals surface area (Å²) in [6.07, 6.45) is 12.4. The second-order valence-electron chi connectivity index (χ2n) is 10.5. The number of amides is 1. The maximum absolute atomic E-state index is 13.0. The van der Waals surface area contributed by atoms with Gasteiger partial charge in [0.2, 0.25) is 5.91 Å². The van der Waals surface area contributed by atoms with Gasteiger partial charge in [-0.25, -0.2) is 0 Å². The molecule has 8 nitrogen and oxygen atoms in total. The van der Waals surface area contributed by atoms with Crippen molar-refractivity contribution in [2.75, 3.05) is 65.4 Å². The Morgan fingerprint density at radius 3 is 2.15 bits per heavy atom. The Morgan fingerprint density at radius 2 is 1.42 bits per heavy atom. The van der Waals surface area contributed by atoms with Crippen molar-refractivity contribution in [2.24, 2.45) is 5.92 Å². The van der Waals surface area contributed by atoms with E-state index < -0.39 is 10.2 Å². The molecule has 33 heavy (non-hydrogen) atoms. The normalized spacial score (nSPS) is 28.1. The van der Waals surface area contributed by atoms with Gasteiger partial charge in [-0.1, -0.05) is 25.7 Å². The number of carbonyl (C=O) groups excluding carboxylic acids is 1. The predicted molar refractivity (Wildman–Crippen MR) is 131 cm³/mol. The Balaban J connectivity index is 1.13. The van der Waals surface area contributed by atoms with Crippen molar-refractivity contribution in [3.63, 3.8) is 0 Å². The highest BCUT2D eigenvalue weighted by atomic mass is 32.2. The molecule has 3 aliphatic heterocycles. The molecule has 0 unspecified atom stereocenters. The highest BCUT2D eigenvalue weighted by Gasteiger charge is 2.36. The molecule has 4 rings (SSSR count). The van der Waals surface area contributed by atoms with Gasteiger partial charge in [-0.2, -0.15) is 17.0 Å². The predicted octanol–water partition coefficient (Wildman–Crippen LogP) is 1.89. The Morgan fingerprint density at radius 1 is 0.758 bits per heavy atom. The van der Waals surface area contributed by atoms with E-state index >= 15 is 0 Å². The van der Waals surface area contributed by atoms with Crippen LogP contribution in [0.5, 0.6) is 0 Å². The number of hydrogen-bond donors (Lipinski definition) is 1. The maximum Gasteiger partial charge on any atom is 0.281 e. The molecular weight excluding hydrogens is 438 g/mol. The lowest BCUT2D eigenvalue weighted by molar-refractivity contribution is -0.126. The molecule has 3 saturated heterocycles. The summed E-state index contributed by atoms with van der Waals surface area (Å²) in [6.45, 7) is 8.43. The molecule has 0 aromatic carbocycles. The molecule has 1 amide bonds. The number of hydrogen-bond acceptors (Lipinski definition) is 5. The third kappa shape index (κ3) is 6.90. The van der Waals surface area contributed by atoms with E-state index in [9.17, 15) is 13.2 Å². The van der Waals surface area contributed by atoms with E-state index in [4.69, 9.17) is 0 Å². The van der Waals surface area contributed by atoms with Crippen molar-refractivity contribution in [1.82, 2.24) is 23.7 Å². The number of nitrogens with zero attached hydrogens (tertiary/aromatic N) is 4. The highest BCUT2D eigenvalue weighted by molar-refractivity contribution is 7.86. The molecule has 1 aliphatic carbocycles. The van der Waals surface area contributed by atoms with Crippen LogP contribution in [0.4, 0.5) is 0 Å². The van der Waals surface area contributed by atoms with E-state index in [-0.39, 0.29) is 11.8 Å². The molecule has 1 N–H and O–H groups in total. The van der Waals surface area contributed by atoms with Crippen LogP contribution in [0.2, 0.25) is 0 Å². The first-order valence-electron chi connectivity index (χ1n) is 13.5. The van der Waals surface area contributed by atoms with E-state index in [2.05, 4.69) is 15.1 Å². The van der Waals surface area contributed by atoms with Crippen LogP contribution in [0.15, 0.2) is 0 Å². The van der Waals surface area contributed by atoms with Crippen LogP contribution in [0.3, 0.4) is 0 Å². The molecule has 0 aromatic heterocycles. The molecule has 4 fully saturated rings. The van der Waals surface area contributed by atoms with E-state index in [1.54, 1.807) is 8.61 Å². The number of nitrogens with one attached hydrogen (secondary N) is 1. The third-order valence-electron chi connectivity index (χ3n) is 8.17. The van der Waals surface area contributed by atoms with E-state index in [1.165, 1.54) is 45.2 Å². The SMILES string of the molecule is O=C(NCCCN1CCN(C2CCCCC2)CC1)[C@H]1CCCN(S(=O)(=O)N2CCCCC2)C1. The van der Waals surface area contributed by atoms with Crippen LogP contribution in [0.1, 0.15) is 70.6 Å². The van der Waals surface area contributed by atoms with Gasteiger partial charge in [0.25, 0.3) is 10.2 Å². The summed E-state index contributed by atoms with van der Waals surface area (Å²) >= 11 is 0. The molecule has 0 aromatic rings. The minimum Gasteiger partial charge on any atom is -0.356 e. The molecule has 9 heteroatoms. The molecule has 190 valence electrons. The van der Waals surface area contributed by atoms with E-state index in [0.717, 1.165) is 64.2 Å². The number of rotatable bonds is 8. The van der Waals surface area contributed by atoms with Crippen molar-refractivity contribution in [2.45, 2.75) is 76.7 Å². The van der Waals surface area contributed by atoms with E-state index in [1.807, 2.05) is 0 Å². The van der Waals surface area contributed by atoms with Gasteiger partial charge in [0.1, 0.15) is 0 Å². The fraction of sp³-hybridized carbons (Fsp3) is 0.958. The standard InChI is InChI=1S/C24H45N5O3S/c30-24(22-9-7-16-29(21-22)33(31,32)28-14-5-2-6-15-28)25-12-8-13-26-17-19-27(20-18-26)23-10-3-1-4-11-23/h22-23H,1-21H2,(H,25,30)/t22-/m0/s1. The zero-order chi connectivity index (χ0) is 23.1. The fourth-order valence-corrected chi connectivity index (χ4v) is 7.86. The zero-order valence-electron chi connectivity index (χ0n) is 20.4. The van der Waals surface area contributed by atoms with Crippen molar-refractivity contribution in [3.05, 3.63) is 0 Å². The van der Waals surface area contributed by atoms with Gasteiger partial charge in [-0.05, 0) is 51.5 Å². The second kappa shape index (κ2) is 12.3. The summed E-state index contributed by atoms with van der Waals surface area (Å²) in [7, 11) is -3.43. The minimum absolute atomic E-state index is 0.0238. The Labute approximate surface area is 201 Å². The van der Waals surface area contributed by atoms with Gasteiger partial charge in [0.05, 0.1) is 5.92 Å². The van der Waals surface area contributed by atoms with Crippen LogP contribution in [-0.2, 0) is 15.0 Å². The summed E-state index contributed by atoms with van der Waals surface area (Å²) in [5.41, 5.74) is 0. The summed E-state index contributed by atoms with van der Waals surface area (Å²) in [6, 6.07) is 0.814. The molecule has 0 bridgehead atoms. The lowest BCUT2D eigenvalue weighted by Crippen LogP contribution is -2.52. The Hall–Kier alpha value is -0.740. The minimum atomic E-state index is -3.43. The van der Waals surface area contributed by atoms with Gasteiger partial charge in [0.15, 0.2) is 0 Å². The number of piperazine rings is 1. The largest absolute Gasteiger partial charge is 0.356 e. The smallest absolute Gasteiger partial charge is 0.281 e. The molecule has 4 aliphatic rings. The van der Waals surface area contributed by atoms with Gasteiger partial charge in [-0.15, -0.1) is 0 Å². The molecule has 3 heterocycles. The Kier molecular flexibility index (Phi) is 9.44. The highest BCUT2D eigenvalue weighted by Crippen LogP contribution is 2.24. The summed E-state index contributed by atoms with van der Waals surface area (Å²) in [5.74, 6) is -0.201. The Bertz CT molecular complexity index is 714. The first-order chi connectivity index (χ1) is 16.0. The number of piperidine rings is 2. The molecule has 0 spiro atoms. The van der Waals surface area contributed by atoms with Crippen LogP contribution < -0.4 is 5.32 Å². The van der Waals surface area contributed by atoms with Gasteiger partial charge in [0, 0.05) is 64.9 Å².